The van der Waals surface area contributed by atoms with Crippen molar-refractivity contribution in [2.24, 2.45) is 0 Å². The standard InChI is InChI=1S/C26H27N3O2/c1-3-4-17-28(2)26(30)25-23-15-8-9-16-24(23)29(27-25)19-20-11-10-14-22(18-20)31-21-12-6-5-7-13-21/h5-16,18H,3-4,17,19H2,1-2H3. The number of nitrogens with zero attached hydrogens (tertiary/aromatic N) is 3. The van der Waals surface area contributed by atoms with Crippen molar-refractivity contribution in [3.05, 3.63) is 90.1 Å². The fourth-order valence-corrected chi connectivity index (χ4v) is 3.59. The van der Waals surface area contributed by atoms with Crippen LogP contribution in [-0.4, -0.2) is 34.2 Å². The largest absolute Gasteiger partial charge is 0.457 e. The van der Waals surface area contributed by atoms with Gasteiger partial charge in [-0.1, -0.05) is 61.9 Å². The molecule has 5 heteroatoms. The summed E-state index contributed by atoms with van der Waals surface area (Å²) in [5.74, 6) is 1.53. The average Bonchev–Trinajstić information content (AvgIpc) is 3.16. The fraction of sp³-hybridized carbons (Fsp3) is 0.231. The van der Waals surface area contributed by atoms with Crippen LogP contribution in [0.15, 0.2) is 78.9 Å². The minimum Gasteiger partial charge on any atom is -0.457 e. The number of fused-ring (bicyclic) bond motifs is 1. The van der Waals surface area contributed by atoms with Gasteiger partial charge in [0.25, 0.3) is 5.91 Å². The number of amides is 1. The summed E-state index contributed by atoms with van der Waals surface area (Å²) in [5, 5.41) is 5.59. The predicted octanol–water partition coefficient (Wildman–Crippen LogP) is 5.75. The summed E-state index contributed by atoms with van der Waals surface area (Å²) >= 11 is 0. The summed E-state index contributed by atoms with van der Waals surface area (Å²) in [6.07, 6.45) is 2.03. The maximum absolute atomic E-state index is 13.0. The Labute approximate surface area is 182 Å². The van der Waals surface area contributed by atoms with Crippen LogP contribution in [0.3, 0.4) is 0 Å². The van der Waals surface area contributed by atoms with Crippen LogP contribution >= 0.6 is 0 Å². The molecule has 0 aliphatic heterocycles. The van der Waals surface area contributed by atoms with E-state index in [1.54, 1.807) is 4.90 Å². The summed E-state index contributed by atoms with van der Waals surface area (Å²) in [6, 6.07) is 25.6. The maximum atomic E-state index is 13.0. The van der Waals surface area contributed by atoms with E-state index < -0.39 is 0 Å². The second-order valence-electron chi connectivity index (χ2n) is 7.67. The molecule has 0 bridgehead atoms. The van der Waals surface area contributed by atoms with Crippen LogP contribution in [0.2, 0.25) is 0 Å². The number of hydrogen-bond acceptors (Lipinski definition) is 3. The van der Waals surface area contributed by atoms with Gasteiger partial charge in [0.2, 0.25) is 0 Å². The van der Waals surface area contributed by atoms with Crippen molar-refractivity contribution in [3.8, 4) is 11.5 Å². The third-order valence-electron chi connectivity index (χ3n) is 5.26. The quantitative estimate of drug-likeness (QED) is 0.370. The molecule has 3 aromatic carbocycles. The van der Waals surface area contributed by atoms with Crippen LogP contribution in [0.1, 0.15) is 35.8 Å². The Balaban J connectivity index is 1.61. The van der Waals surface area contributed by atoms with Gasteiger partial charge >= 0.3 is 0 Å². The molecule has 0 radical (unpaired) electrons. The van der Waals surface area contributed by atoms with Crippen LogP contribution in [0.5, 0.6) is 11.5 Å². The fourth-order valence-electron chi connectivity index (χ4n) is 3.59. The third kappa shape index (κ3) is 4.77. The Morgan fingerprint density at radius 3 is 2.52 bits per heavy atom. The number of hydrogen-bond donors (Lipinski definition) is 0. The van der Waals surface area contributed by atoms with Crippen molar-refractivity contribution in [2.75, 3.05) is 13.6 Å². The van der Waals surface area contributed by atoms with Gasteiger partial charge in [-0.05, 0) is 42.3 Å². The number of benzene rings is 3. The van der Waals surface area contributed by atoms with Gasteiger partial charge in [-0.25, -0.2) is 0 Å². The van der Waals surface area contributed by atoms with E-state index in [0.29, 0.717) is 12.2 Å². The van der Waals surface area contributed by atoms with E-state index in [9.17, 15) is 4.79 Å². The minimum atomic E-state index is -0.0374. The molecule has 0 atom stereocenters. The smallest absolute Gasteiger partial charge is 0.274 e. The Bertz CT molecular complexity index is 1170. The zero-order chi connectivity index (χ0) is 21.6. The monoisotopic (exact) mass is 413 g/mol. The molecule has 31 heavy (non-hydrogen) atoms. The van der Waals surface area contributed by atoms with Gasteiger partial charge < -0.3 is 9.64 Å². The lowest BCUT2D eigenvalue weighted by molar-refractivity contribution is 0.0788. The van der Waals surface area contributed by atoms with Crippen molar-refractivity contribution in [1.29, 1.82) is 0 Å². The first-order valence-corrected chi connectivity index (χ1v) is 10.7. The van der Waals surface area contributed by atoms with Gasteiger partial charge in [0.1, 0.15) is 11.5 Å². The highest BCUT2D eigenvalue weighted by atomic mass is 16.5. The molecule has 0 N–H and O–H groups in total. The first-order chi connectivity index (χ1) is 15.2. The molecule has 0 saturated carbocycles. The summed E-state index contributed by atoms with van der Waals surface area (Å²) < 4.78 is 7.87. The van der Waals surface area contributed by atoms with Crippen molar-refractivity contribution in [1.82, 2.24) is 14.7 Å². The molecule has 0 fully saturated rings. The molecule has 4 aromatic rings. The number of unbranched alkanes of at least 4 members (excludes halogenated alkanes) is 1. The second-order valence-corrected chi connectivity index (χ2v) is 7.67. The van der Waals surface area contributed by atoms with E-state index in [-0.39, 0.29) is 5.91 Å². The van der Waals surface area contributed by atoms with E-state index in [2.05, 4.69) is 6.92 Å². The lowest BCUT2D eigenvalue weighted by atomic mass is 10.2. The highest BCUT2D eigenvalue weighted by molar-refractivity contribution is 6.04. The van der Waals surface area contributed by atoms with Gasteiger partial charge in [0, 0.05) is 19.0 Å². The molecule has 0 unspecified atom stereocenters. The summed E-state index contributed by atoms with van der Waals surface area (Å²) in [6.45, 7) is 3.41. The molecular weight excluding hydrogens is 386 g/mol. The Morgan fingerprint density at radius 1 is 0.968 bits per heavy atom. The zero-order valence-electron chi connectivity index (χ0n) is 18.0. The average molecular weight is 414 g/mol. The van der Waals surface area contributed by atoms with Gasteiger partial charge in [0.15, 0.2) is 5.69 Å². The topological polar surface area (TPSA) is 47.4 Å². The van der Waals surface area contributed by atoms with Crippen LogP contribution in [0.25, 0.3) is 10.9 Å². The summed E-state index contributed by atoms with van der Waals surface area (Å²) in [4.78, 5) is 14.8. The number of rotatable bonds is 8. The van der Waals surface area contributed by atoms with Crippen molar-refractivity contribution < 1.29 is 9.53 Å². The molecule has 0 aliphatic carbocycles. The van der Waals surface area contributed by atoms with Gasteiger partial charge in [-0.3, -0.25) is 9.48 Å². The molecule has 0 aliphatic rings. The SMILES string of the molecule is CCCCN(C)C(=O)c1nn(Cc2cccc(Oc3ccccc3)c2)c2ccccc12. The highest BCUT2D eigenvalue weighted by Crippen LogP contribution is 2.24. The summed E-state index contributed by atoms with van der Waals surface area (Å²) in [7, 11) is 1.84. The lowest BCUT2D eigenvalue weighted by Gasteiger charge is -2.15. The summed E-state index contributed by atoms with van der Waals surface area (Å²) in [5.41, 5.74) is 2.51. The van der Waals surface area contributed by atoms with E-state index in [4.69, 9.17) is 9.84 Å². The predicted molar refractivity (Wildman–Crippen MR) is 124 cm³/mol. The molecule has 1 heterocycles. The second kappa shape index (κ2) is 9.47. The molecule has 1 amide bonds. The van der Waals surface area contributed by atoms with Gasteiger partial charge in [-0.15, -0.1) is 0 Å². The van der Waals surface area contributed by atoms with E-state index in [0.717, 1.165) is 47.4 Å². The first-order valence-electron chi connectivity index (χ1n) is 10.7. The first kappa shape index (κ1) is 20.7. The van der Waals surface area contributed by atoms with E-state index in [1.807, 2.05) is 90.6 Å². The van der Waals surface area contributed by atoms with Gasteiger partial charge in [0.05, 0.1) is 12.1 Å². The van der Waals surface area contributed by atoms with Crippen LogP contribution in [0, 0.1) is 0 Å². The molecule has 4 rings (SSSR count). The molecule has 1 aromatic heterocycles. The van der Waals surface area contributed by atoms with Crippen molar-refractivity contribution >= 4 is 16.8 Å². The molecule has 5 nitrogen and oxygen atoms in total. The Hall–Kier alpha value is -3.60. The molecule has 0 spiro atoms. The normalized spacial score (nSPS) is 10.9. The maximum Gasteiger partial charge on any atom is 0.274 e. The van der Waals surface area contributed by atoms with Crippen LogP contribution < -0.4 is 4.74 Å². The third-order valence-corrected chi connectivity index (χ3v) is 5.26. The number of para-hydroxylation sites is 2. The minimum absolute atomic E-state index is 0.0374. The molecule has 0 saturated heterocycles. The highest BCUT2D eigenvalue weighted by Gasteiger charge is 2.20. The lowest BCUT2D eigenvalue weighted by Crippen LogP contribution is -2.28. The van der Waals surface area contributed by atoms with Crippen LogP contribution in [-0.2, 0) is 6.54 Å². The number of carbonyl (C=O) groups excluding carboxylic acids is 1. The van der Waals surface area contributed by atoms with E-state index >= 15 is 0 Å². The zero-order valence-corrected chi connectivity index (χ0v) is 18.0. The Morgan fingerprint density at radius 2 is 1.71 bits per heavy atom. The van der Waals surface area contributed by atoms with Crippen LogP contribution in [0.4, 0.5) is 0 Å². The van der Waals surface area contributed by atoms with Gasteiger partial charge in [-0.2, -0.15) is 5.10 Å². The van der Waals surface area contributed by atoms with Crippen molar-refractivity contribution in [3.63, 3.8) is 0 Å². The molecule has 158 valence electrons. The number of ether oxygens (including phenoxy) is 1. The molecular formula is C26H27N3O2. The number of aromatic nitrogens is 2. The Kier molecular flexibility index (Phi) is 6.32. The van der Waals surface area contributed by atoms with Crippen molar-refractivity contribution in [2.45, 2.75) is 26.3 Å². The van der Waals surface area contributed by atoms with E-state index in [1.165, 1.54) is 0 Å². The number of carbonyl (C=O) groups is 1.